The zero-order chi connectivity index (χ0) is 21.8. The SMILES string of the molecule is Cc1cc2nc3s/c(=C/c4cn(Cc5ccccc5)c5ccccc45)c(=O)n3c2cc1C. The molecule has 0 fully saturated rings. The fraction of sp³-hybridized carbons (Fsp3) is 0.111. The minimum absolute atomic E-state index is 0.00403. The number of thiazole rings is 1. The molecule has 32 heavy (non-hydrogen) atoms. The van der Waals surface area contributed by atoms with Crippen molar-refractivity contribution in [2.75, 3.05) is 0 Å². The Morgan fingerprint density at radius 3 is 2.53 bits per heavy atom. The summed E-state index contributed by atoms with van der Waals surface area (Å²) >= 11 is 1.45. The molecule has 4 nitrogen and oxygen atoms in total. The zero-order valence-corrected chi connectivity index (χ0v) is 18.7. The van der Waals surface area contributed by atoms with E-state index in [-0.39, 0.29) is 5.56 Å². The van der Waals surface area contributed by atoms with Gasteiger partial charge in [-0.1, -0.05) is 59.9 Å². The van der Waals surface area contributed by atoms with Crippen molar-refractivity contribution in [3.8, 4) is 0 Å². The van der Waals surface area contributed by atoms with Crippen LogP contribution in [0.5, 0.6) is 0 Å². The second kappa shape index (κ2) is 7.18. The molecule has 6 rings (SSSR count). The molecule has 6 aromatic rings. The van der Waals surface area contributed by atoms with Crippen molar-refractivity contribution in [1.29, 1.82) is 0 Å². The Balaban J connectivity index is 1.54. The van der Waals surface area contributed by atoms with Crippen molar-refractivity contribution in [2.45, 2.75) is 20.4 Å². The third kappa shape index (κ3) is 2.97. The predicted molar refractivity (Wildman–Crippen MR) is 133 cm³/mol. The average Bonchev–Trinajstić information content (AvgIpc) is 3.41. The highest BCUT2D eigenvalue weighted by Gasteiger charge is 2.13. The van der Waals surface area contributed by atoms with E-state index in [0.29, 0.717) is 4.53 Å². The van der Waals surface area contributed by atoms with Gasteiger partial charge in [-0.3, -0.25) is 4.79 Å². The van der Waals surface area contributed by atoms with Crippen molar-refractivity contribution >= 4 is 44.3 Å². The number of rotatable bonds is 3. The van der Waals surface area contributed by atoms with Crippen LogP contribution in [0, 0.1) is 13.8 Å². The van der Waals surface area contributed by atoms with Gasteiger partial charge in [-0.05, 0) is 54.8 Å². The second-order valence-corrected chi connectivity index (χ2v) is 9.29. The van der Waals surface area contributed by atoms with Gasteiger partial charge in [-0.2, -0.15) is 0 Å². The molecule has 3 aromatic heterocycles. The lowest BCUT2D eigenvalue weighted by Gasteiger charge is -2.05. The van der Waals surface area contributed by atoms with Crippen molar-refractivity contribution in [2.24, 2.45) is 0 Å². The number of aryl methyl sites for hydroxylation is 2. The summed E-state index contributed by atoms with van der Waals surface area (Å²) in [6.07, 6.45) is 4.16. The smallest absolute Gasteiger partial charge is 0.274 e. The zero-order valence-electron chi connectivity index (χ0n) is 17.9. The van der Waals surface area contributed by atoms with E-state index in [4.69, 9.17) is 4.98 Å². The van der Waals surface area contributed by atoms with E-state index in [9.17, 15) is 4.79 Å². The van der Waals surface area contributed by atoms with Gasteiger partial charge < -0.3 is 4.57 Å². The molecule has 0 radical (unpaired) electrons. The van der Waals surface area contributed by atoms with E-state index in [2.05, 4.69) is 79.2 Å². The van der Waals surface area contributed by atoms with Crippen molar-refractivity contribution in [1.82, 2.24) is 14.0 Å². The first-order valence-corrected chi connectivity index (χ1v) is 11.5. The molecule has 3 heterocycles. The maximum Gasteiger partial charge on any atom is 0.274 e. The number of imidazole rings is 1. The van der Waals surface area contributed by atoms with Crippen LogP contribution in [0.4, 0.5) is 0 Å². The summed E-state index contributed by atoms with van der Waals surface area (Å²) in [6, 6.07) is 22.9. The van der Waals surface area contributed by atoms with Gasteiger partial charge in [0.1, 0.15) is 0 Å². The van der Waals surface area contributed by atoms with Gasteiger partial charge in [0.15, 0.2) is 4.96 Å². The van der Waals surface area contributed by atoms with Gasteiger partial charge in [-0.15, -0.1) is 0 Å². The molecule has 0 amide bonds. The second-order valence-electron chi connectivity index (χ2n) is 8.29. The molecule has 0 aliphatic carbocycles. The van der Waals surface area contributed by atoms with E-state index in [1.54, 1.807) is 4.40 Å². The number of hydrogen-bond acceptors (Lipinski definition) is 3. The van der Waals surface area contributed by atoms with Crippen LogP contribution in [0.25, 0.3) is 33.0 Å². The molecule has 0 saturated heterocycles. The van der Waals surface area contributed by atoms with E-state index in [0.717, 1.165) is 39.0 Å². The summed E-state index contributed by atoms with van der Waals surface area (Å²) in [6.45, 7) is 4.93. The van der Waals surface area contributed by atoms with Crippen molar-refractivity contribution < 1.29 is 0 Å². The Hall–Kier alpha value is -3.70. The fourth-order valence-corrected chi connectivity index (χ4v) is 5.34. The number of fused-ring (bicyclic) bond motifs is 4. The molecule has 3 aromatic carbocycles. The van der Waals surface area contributed by atoms with Crippen molar-refractivity contribution in [3.05, 3.63) is 110 Å². The maximum absolute atomic E-state index is 13.3. The fourth-order valence-electron chi connectivity index (χ4n) is 4.36. The Kier molecular flexibility index (Phi) is 4.26. The summed E-state index contributed by atoms with van der Waals surface area (Å²) < 4.78 is 4.71. The molecule has 0 bridgehead atoms. The van der Waals surface area contributed by atoms with Gasteiger partial charge in [0.05, 0.1) is 15.6 Å². The molecule has 0 aliphatic rings. The normalized spacial score (nSPS) is 12.5. The molecule has 5 heteroatoms. The first-order valence-electron chi connectivity index (χ1n) is 10.6. The van der Waals surface area contributed by atoms with Crippen molar-refractivity contribution in [3.63, 3.8) is 0 Å². The third-order valence-corrected chi connectivity index (χ3v) is 7.12. The van der Waals surface area contributed by atoms with E-state index >= 15 is 0 Å². The average molecular weight is 436 g/mol. The molecular formula is C27H21N3OS. The lowest BCUT2D eigenvalue weighted by Crippen LogP contribution is -2.22. The lowest BCUT2D eigenvalue weighted by molar-refractivity contribution is 0.836. The predicted octanol–water partition coefficient (Wildman–Crippen LogP) is 5.08. The van der Waals surface area contributed by atoms with Gasteiger partial charge in [0.25, 0.3) is 5.56 Å². The minimum Gasteiger partial charge on any atom is -0.342 e. The highest BCUT2D eigenvalue weighted by atomic mass is 32.1. The molecule has 0 saturated carbocycles. The van der Waals surface area contributed by atoms with Crippen LogP contribution in [0.2, 0.25) is 0 Å². The number of benzene rings is 3. The molecule has 0 spiro atoms. The third-order valence-electron chi connectivity index (χ3n) is 6.16. The highest BCUT2D eigenvalue weighted by Crippen LogP contribution is 2.24. The maximum atomic E-state index is 13.3. The quantitative estimate of drug-likeness (QED) is 0.389. The number of aromatic nitrogens is 3. The summed E-state index contributed by atoms with van der Waals surface area (Å²) in [7, 11) is 0. The molecular weight excluding hydrogens is 414 g/mol. The molecule has 156 valence electrons. The van der Waals surface area contributed by atoms with E-state index < -0.39 is 0 Å². The number of para-hydroxylation sites is 1. The van der Waals surface area contributed by atoms with Gasteiger partial charge >= 0.3 is 0 Å². The van der Waals surface area contributed by atoms with Crippen LogP contribution in [-0.4, -0.2) is 14.0 Å². The van der Waals surface area contributed by atoms with Gasteiger partial charge in [-0.25, -0.2) is 9.38 Å². The summed E-state index contributed by atoms with van der Waals surface area (Å²) in [5, 5.41) is 1.14. The first kappa shape index (κ1) is 19.0. The Bertz CT molecular complexity index is 1740. The molecule has 0 N–H and O–H groups in total. The van der Waals surface area contributed by atoms with Gasteiger partial charge in [0, 0.05) is 29.2 Å². The van der Waals surface area contributed by atoms with Crippen LogP contribution in [-0.2, 0) is 6.54 Å². The summed E-state index contributed by atoms with van der Waals surface area (Å²) in [5.74, 6) is 0. The van der Waals surface area contributed by atoms with Crippen LogP contribution < -0.4 is 10.1 Å². The molecule has 0 unspecified atom stereocenters. The summed E-state index contributed by atoms with van der Waals surface area (Å²) in [4.78, 5) is 18.8. The van der Waals surface area contributed by atoms with Crippen LogP contribution >= 0.6 is 11.3 Å². The summed E-state index contributed by atoms with van der Waals surface area (Å²) in [5.41, 5.74) is 7.57. The van der Waals surface area contributed by atoms with E-state index in [1.807, 2.05) is 18.2 Å². The van der Waals surface area contributed by atoms with Gasteiger partial charge in [0.2, 0.25) is 0 Å². The number of hydrogen-bond donors (Lipinski definition) is 0. The standard InChI is InChI=1S/C27H21N3OS/c1-17-12-22-24(13-18(17)2)30-26(31)25(32-27(30)28-22)14-20-16-29(15-19-8-4-3-5-9-19)23-11-7-6-10-21(20)23/h3-14,16H,15H2,1-2H3/b25-14+. The number of nitrogens with zero attached hydrogens (tertiary/aromatic N) is 3. The van der Waals surface area contributed by atoms with Crippen LogP contribution in [0.3, 0.4) is 0 Å². The lowest BCUT2D eigenvalue weighted by atomic mass is 10.1. The Labute approximate surface area is 188 Å². The minimum atomic E-state index is -0.00403. The molecule has 0 atom stereocenters. The molecule has 0 aliphatic heterocycles. The topological polar surface area (TPSA) is 39.3 Å². The van der Waals surface area contributed by atoms with Crippen LogP contribution in [0.1, 0.15) is 22.3 Å². The Morgan fingerprint density at radius 2 is 1.69 bits per heavy atom. The largest absolute Gasteiger partial charge is 0.342 e. The van der Waals surface area contributed by atoms with Crippen LogP contribution in [0.15, 0.2) is 77.7 Å². The monoisotopic (exact) mass is 435 g/mol. The van der Waals surface area contributed by atoms with E-state index in [1.165, 1.54) is 28.0 Å². The first-order chi connectivity index (χ1) is 15.6. The highest BCUT2D eigenvalue weighted by molar-refractivity contribution is 7.15. The Morgan fingerprint density at radius 1 is 0.938 bits per heavy atom.